The number of ether oxygens (including phenoxy) is 2. The second-order valence-electron chi connectivity index (χ2n) is 6.41. The molecule has 0 saturated heterocycles. The van der Waals surface area contributed by atoms with E-state index in [0.29, 0.717) is 34.3 Å². The van der Waals surface area contributed by atoms with Crippen LogP contribution in [0.2, 0.25) is 0 Å². The first kappa shape index (κ1) is 21.1. The van der Waals surface area contributed by atoms with E-state index in [2.05, 4.69) is 26.6 Å². The van der Waals surface area contributed by atoms with E-state index in [1.54, 1.807) is 32.9 Å². The first-order valence-electron chi connectivity index (χ1n) is 8.95. The summed E-state index contributed by atoms with van der Waals surface area (Å²) in [6.45, 7) is 7.67. The highest BCUT2D eigenvalue weighted by atomic mass is 79.9. The van der Waals surface area contributed by atoms with E-state index in [-0.39, 0.29) is 17.6 Å². The fraction of sp³-hybridized carbons (Fsp3) is 0.474. The van der Waals surface area contributed by atoms with Crippen molar-refractivity contribution in [1.29, 1.82) is 0 Å². The highest BCUT2D eigenvalue weighted by molar-refractivity contribution is 9.10. The number of hydrogen-bond donors (Lipinski definition) is 3. The van der Waals surface area contributed by atoms with E-state index in [1.807, 2.05) is 6.92 Å². The Morgan fingerprint density at radius 1 is 1.33 bits per heavy atom. The number of carbonyl (C=O) groups is 2. The number of aromatic hydroxyl groups is 1. The molecule has 1 aliphatic heterocycles. The number of phenolic OH excluding ortho intramolecular Hbond substituents is 1. The maximum atomic E-state index is 12.8. The number of phenols is 1. The third-order valence-electron chi connectivity index (χ3n) is 3.90. The van der Waals surface area contributed by atoms with Gasteiger partial charge in [-0.05, 0) is 60.8 Å². The van der Waals surface area contributed by atoms with Gasteiger partial charge in [0.1, 0.15) is 0 Å². The van der Waals surface area contributed by atoms with Crippen LogP contribution in [0.4, 0.5) is 4.79 Å². The molecule has 0 bridgehead atoms. The minimum absolute atomic E-state index is 0.0371. The van der Waals surface area contributed by atoms with Crippen molar-refractivity contribution in [1.82, 2.24) is 10.6 Å². The largest absolute Gasteiger partial charge is 0.503 e. The van der Waals surface area contributed by atoms with E-state index in [4.69, 9.17) is 9.47 Å². The Bertz CT molecular complexity index is 761. The first-order chi connectivity index (χ1) is 12.8. The molecule has 8 heteroatoms. The zero-order valence-corrected chi connectivity index (χ0v) is 17.5. The van der Waals surface area contributed by atoms with Gasteiger partial charge in [0.15, 0.2) is 11.5 Å². The number of halogens is 1. The van der Waals surface area contributed by atoms with Gasteiger partial charge in [-0.25, -0.2) is 9.59 Å². The van der Waals surface area contributed by atoms with Crippen molar-refractivity contribution >= 4 is 27.9 Å². The predicted octanol–water partition coefficient (Wildman–Crippen LogP) is 3.91. The highest BCUT2D eigenvalue weighted by Gasteiger charge is 2.34. The average Bonchev–Trinajstić information content (AvgIpc) is 2.58. The topological polar surface area (TPSA) is 96.9 Å². The minimum atomic E-state index is -0.720. The summed E-state index contributed by atoms with van der Waals surface area (Å²) in [4.78, 5) is 25.0. The predicted molar refractivity (Wildman–Crippen MR) is 105 cm³/mol. The Kier molecular flexibility index (Phi) is 7.12. The molecule has 0 fully saturated rings. The van der Waals surface area contributed by atoms with Crippen LogP contribution in [0.25, 0.3) is 0 Å². The third-order valence-corrected chi connectivity index (χ3v) is 4.50. The van der Waals surface area contributed by atoms with Crippen molar-refractivity contribution in [2.45, 2.75) is 52.7 Å². The van der Waals surface area contributed by atoms with Crippen LogP contribution in [0.1, 0.15) is 52.1 Å². The molecular weight excluding hydrogens is 416 g/mol. The number of nitrogens with one attached hydrogen (secondary N) is 2. The number of hydrogen-bond acceptors (Lipinski definition) is 5. The molecule has 0 spiro atoms. The Balaban J connectivity index is 2.58. The van der Waals surface area contributed by atoms with Gasteiger partial charge in [-0.3, -0.25) is 0 Å². The van der Waals surface area contributed by atoms with Crippen molar-refractivity contribution in [3.8, 4) is 11.5 Å². The molecule has 0 aliphatic carbocycles. The molecule has 27 heavy (non-hydrogen) atoms. The number of urea groups is 1. The molecule has 0 saturated carbocycles. The number of allylic oxidation sites excluding steroid dienone is 1. The van der Waals surface area contributed by atoms with E-state index in [1.165, 1.54) is 0 Å². The Morgan fingerprint density at radius 3 is 2.63 bits per heavy atom. The van der Waals surface area contributed by atoms with Gasteiger partial charge in [0.05, 0.1) is 28.8 Å². The summed E-state index contributed by atoms with van der Waals surface area (Å²) < 4.78 is 11.3. The van der Waals surface area contributed by atoms with Gasteiger partial charge >= 0.3 is 12.0 Å². The smallest absolute Gasteiger partial charge is 0.338 e. The summed E-state index contributed by atoms with van der Waals surface area (Å²) >= 11 is 3.30. The second-order valence-corrected chi connectivity index (χ2v) is 7.26. The number of amides is 2. The van der Waals surface area contributed by atoms with Crippen molar-refractivity contribution < 1.29 is 24.2 Å². The molecule has 3 N–H and O–H groups in total. The molecule has 2 amide bonds. The van der Waals surface area contributed by atoms with Crippen molar-refractivity contribution in [3.05, 3.63) is 33.4 Å². The highest BCUT2D eigenvalue weighted by Crippen LogP contribution is 2.40. The molecule has 2 rings (SSSR count). The maximum Gasteiger partial charge on any atom is 0.338 e. The Morgan fingerprint density at radius 2 is 2.04 bits per heavy atom. The van der Waals surface area contributed by atoms with Gasteiger partial charge in [0.2, 0.25) is 0 Å². The van der Waals surface area contributed by atoms with Gasteiger partial charge < -0.3 is 25.2 Å². The molecule has 1 aliphatic rings. The summed E-state index contributed by atoms with van der Waals surface area (Å²) in [6.07, 6.45) is 0.991. The zero-order chi connectivity index (χ0) is 20.1. The monoisotopic (exact) mass is 440 g/mol. The first-order valence-corrected chi connectivity index (χ1v) is 9.74. The lowest BCUT2D eigenvalue weighted by Gasteiger charge is -2.30. The number of carbonyl (C=O) groups excluding carboxylic acids is 2. The molecule has 1 unspecified atom stereocenters. The van der Waals surface area contributed by atoms with Crippen LogP contribution in [0, 0.1) is 0 Å². The van der Waals surface area contributed by atoms with E-state index >= 15 is 0 Å². The fourth-order valence-corrected chi connectivity index (χ4v) is 3.32. The van der Waals surface area contributed by atoms with Gasteiger partial charge in [-0.1, -0.05) is 13.3 Å². The summed E-state index contributed by atoms with van der Waals surface area (Å²) in [5, 5.41) is 15.7. The molecule has 1 heterocycles. The van der Waals surface area contributed by atoms with Crippen LogP contribution < -0.4 is 15.4 Å². The number of rotatable bonds is 7. The summed E-state index contributed by atoms with van der Waals surface area (Å²) in [5.74, 6) is -0.263. The Hall–Kier alpha value is -2.22. The molecule has 148 valence electrons. The van der Waals surface area contributed by atoms with Crippen LogP contribution in [0.3, 0.4) is 0 Å². The zero-order valence-electron chi connectivity index (χ0n) is 15.9. The molecule has 7 nitrogen and oxygen atoms in total. The number of benzene rings is 1. The quantitative estimate of drug-likeness (QED) is 0.558. The lowest BCUT2D eigenvalue weighted by atomic mass is 9.93. The lowest BCUT2D eigenvalue weighted by Crippen LogP contribution is -2.46. The van der Waals surface area contributed by atoms with E-state index in [9.17, 15) is 14.7 Å². The second kappa shape index (κ2) is 9.12. The molecule has 1 aromatic rings. The standard InChI is InChI=1S/C19H25BrN2O5/c1-5-7-13-15(18(24)27-10(3)4)16(22-19(25)21-13)11-8-12(20)17(23)14(9-11)26-6-2/h8-10,16,23H,5-7H2,1-4H3,(H2,21,22,25). The molecule has 0 aromatic heterocycles. The average molecular weight is 441 g/mol. The molecule has 1 aromatic carbocycles. The summed E-state index contributed by atoms with van der Waals surface area (Å²) in [5.41, 5.74) is 1.49. The third kappa shape index (κ3) is 4.94. The van der Waals surface area contributed by atoms with Crippen LogP contribution >= 0.6 is 15.9 Å². The number of esters is 1. The van der Waals surface area contributed by atoms with Crippen molar-refractivity contribution in [2.24, 2.45) is 0 Å². The molecular formula is C19H25BrN2O5. The van der Waals surface area contributed by atoms with E-state index < -0.39 is 18.0 Å². The van der Waals surface area contributed by atoms with Crippen LogP contribution in [0.5, 0.6) is 11.5 Å². The minimum Gasteiger partial charge on any atom is -0.503 e. The summed E-state index contributed by atoms with van der Waals surface area (Å²) in [6, 6.07) is 2.15. The normalized spacial score (nSPS) is 16.8. The lowest BCUT2D eigenvalue weighted by molar-refractivity contribution is -0.143. The van der Waals surface area contributed by atoms with Gasteiger partial charge in [-0.2, -0.15) is 0 Å². The summed E-state index contributed by atoms with van der Waals surface area (Å²) in [7, 11) is 0. The van der Waals surface area contributed by atoms with Gasteiger partial charge in [-0.15, -0.1) is 0 Å². The van der Waals surface area contributed by atoms with Crippen molar-refractivity contribution in [2.75, 3.05) is 6.61 Å². The van der Waals surface area contributed by atoms with Crippen LogP contribution in [0.15, 0.2) is 27.9 Å². The molecule has 0 radical (unpaired) electrons. The SMILES string of the molecule is CCCC1=C(C(=O)OC(C)C)C(c2cc(Br)c(O)c(OCC)c2)NC(=O)N1. The molecule has 1 atom stereocenters. The van der Waals surface area contributed by atoms with Gasteiger partial charge in [0, 0.05) is 5.70 Å². The van der Waals surface area contributed by atoms with E-state index in [0.717, 1.165) is 6.42 Å². The Labute approximate surface area is 167 Å². The van der Waals surface area contributed by atoms with Crippen LogP contribution in [-0.2, 0) is 9.53 Å². The maximum absolute atomic E-state index is 12.8. The van der Waals surface area contributed by atoms with Crippen molar-refractivity contribution in [3.63, 3.8) is 0 Å². The fourth-order valence-electron chi connectivity index (χ4n) is 2.86. The van der Waals surface area contributed by atoms with Crippen LogP contribution in [-0.4, -0.2) is 29.8 Å². The van der Waals surface area contributed by atoms with Gasteiger partial charge in [0.25, 0.3) is 0 Å².